The van der Waals surface area contributed by atoms with Crippen LogP contribution in [0.5, 0.6) is 11.5 Å². The highest BCUT2D eigenvalue weighted by Gasteiger charge is 2.32. The van der Waals surface area contributed by atoms with Gasteiger partial charge in [-0.25, -0.2) is 0 Å². The molecule has 1 amide bonds. The van der Waals surface area contributed by atoms with E-state index < -0.39 is 0 Å². The number of amides is 1. The average Bonchev–Trinajstić information content (AvgIpc) is 3.49. The molecule has 1 aromatic rings. The number of fused-ring (bicyclic) bond motifs is 1. The molecular formula is C25H39IN4O3. The van der Waals surface area contributed by atoms with E-state index in [0.29, 0.717) is 25.7 Å². The molecule has 7 nitrogen and oxygen atoms in total. The maximum absolute atomic E-state index is 12.8. The third kappa shape index (κ3) is 6.45. The SMILES string of the molecule is CCNC(=NCC(C)(C)c1ccc2c(c1)OCCO2)NC1CCN(C(=O)C2CCCC2)C1.I. The first kappa shape index (κ1) is 25.9. The Hall–Kier alpha value is -1.71. The van der Waals surface area contributed by atoms with Gasteiger partial charge >= 0.3 is 0 Å². The van der Waals surface area contributed by atoms with Gasteiger partial charge in [-0.05, 0) is 43.9 Å². The van der Waals surface area contributed by atoms with Crippen molar-refractivity contribution in [3.63, 3.8) is 0 Å². The Labute approximate surface area is 215 Å². The monoisotopic (exact) mass is 570 g/mol. The Balaban J connectivity index is 0.00000306. The number of rotatable bonds is 6. The summed E-state index contributed by atoms with van der Waals surface area (Å²) in [6, 6.07) is 6.42. The first-order chi connectivity index (χ1) is 15.5. The molecule has 184 valence electrons. The summed E-state index contributed by atoms with van der Waals surface area (Å²) >= 11 is 0. The fourth-order valence-corrected chi connectivity index (χ4v) is 4.85. The van der Waals surface area contributed by atoms with Crippen LogP contribution in [0.4, 0.5) is 0 Å². The van der Waals surface area contributed by atoms with Crippen LogP contribution in [0.3, 0.4) is 0 Å². The van der Waals surface area contributed by atoms with Gasteiger partial charge in [-0.2, -0.15) is 0 Å². The van der Waals surface area contributed by atoms with Gasteiger partial charge in [-0.3, -0.25) is 9.79 Å². The molecule has 1 aliphatic carbocycles. The summed E-state index contributed by atoms with van der Waals surface area (Å²) in [5.74, 6) is 3.05. The summed E-state index contributed by atoms with van der Waals surface area (Å²) in [7, 11) is 0. The van der Waals surface area contributed by atoms with E-state index in [-0.39, 0.29) is 41.4 Å². The van der Waals surface area contributed by atoms with Gasteiger partial charge in [0.05, 0.1) is 6.54 Å². The third-order valence-electron chi connectivity index (χ3n) is 6.85. The van der Waals surface area contributed by atoms with Gasteiger partial charge in [0.2, 0.25) is 5.91 Å². The Morgan fingerprint density at radius 1 is 1.15 bits per heavy atom. The third-order valence-corrected chi connectivity index (χ3v) is 6.85. The molecule has 2 heterocycles. The van der Waals surface area contributed by atoms with Crippen molar-refractivity contribution in [3.8, 4) is 11.5 Å². The van der Waals surface area contributed by atoms with Crippen LogP contribution in [-0.2, 0) is 10.2 Å². The molecule has 1 saturated heterocycles. The van der Waals surface area contributed by atoms with Crippen LogP contribution in [0.25, 0.3) is 0 Å². The van der Waals surface area contributed by atoms with Gasteiger partial charge in [-0.15, -0.1) is 24.0 Å². The Kier molecular flexibility index (Phi) is 9.12. The van der Waals surface area contributed by atoms with E-state index in [4.69, 9.17) is 14.5 Å². The lowest BCUT2D eigenvalue weighted by atomic mass is 9.84. The molecule has 0 bridgehead atoms. The zero-order valence-electron chi connectivity index (χ0n) is 20.2. The van der Waals surface area contributed by atoms with Crippen LogP contribution in [-0.4, -0.2) is 62.2 Å². The van der Waals surface area contributed by atoms with Crippen molar-refractivity contribution in [2.45, 2.75) is 64.3 Å². The van der Waals surface area contributed by atoms with Crippen molar-refractivity contribution in [2.75, 3.05) is 39.4 Å². The molecule has 3 aliphatic rings. The average molecular weight is 571 g/mol. The molecule has 2 N–H and O–H groups in total. The fourth-order valence-electron chi connectivity index (χ4n) is 4.85. The normalized spacial score (nSPS) is 21.0. The van der Waals surface area contributed by atoms with Crippen LogP contribution in [0.1, 0.15) is 58.4 Å². The van der Waals surface area contributed by atoms with E-state index in [9.17, 15) is 4.79 Å². The number of benzene rings is 1. The molecule has 2 aliphatic heterocycles. The first-order valence-corrected chi connectivity index (χ1v) is 12.2. The molecule has 0 radical (unpaired) electrons. The van der Waals surface area contributed by atoms with Crippen LogP contribution in [0, 0.1) is 5.92 Å². The number of carbonyl (C=O) groups is 1. The molecule has 1 unspecified atom stereocenters. The second-order valence-electron chi connectivity index (χ2n) is 9.83. The highest BCUT2D eigenvalue weighted by atomic mass is 127. The molecule has 33 heavy (non-hydrogen) atoms. The molecule has 1 saturated carbocycles. The van der Waals surface area contributed by atoms with E-state index in [0.717, 1.165) is 56.4 Å². The van der Waals surface area contributed by atoms with Gasteiger partial charge < -0.3 is 25.0 Å². The smallest absolute Gasteiger partial charge is 0.225 e. The summed E-state index contributed by atoms with van der Waals surface area (Å²) in [4.78, 5) is 19.7. The second-order valence-corrected chi connectivity index (χ2v) is 9.83. The molecule has 1 aromatic carbocycles. The van der Waals surface area contributed by atoms with Crippen molar-refractivity contribution in [2.24, 2.45) is 10.9 Å². The molecule has 2 fully saturated rings. The van der Waals surface area contributed by atoms with E-state index in [2.05, 4.69) is 48.4 Å². The number of halogens is 1. The molecule has 0 aromatic heterocycles. The van der Waals surface area contributed by atoms with Crippen LogP contribution >= 0.6 is 24.0 Å². The number of hydrogen-bond acceptors (Lipinski definition) is 4. The lowest BCUT2D eigenvalue weighted by Crippen LogP contribution is -2.46. The first-order valence-electron chi connectivity index (χ1n) is 12.2. The molecular weight excluding hydrogens is 531 g/mol. The summed E-state index contributed by atoms with van der Waals surface area (Å²) in [5, 5.41) is 6.94. The number of aliphatic imine (C=N–C) groups is 1. The van der Waals surface area contributed by atoms with Crippen molar-refractivity contribution in [3.05, 3.63) is 23.8 Å². The maximum atomic E-state index is 12.8. The van der Waals surface area contributed by atoms with Gasteiger partial charge in [0.1, 0.15) is 13.2 Å². The second kappa shape index (κ2) is 11.6. The minimum atomic E-state index is -0.154. The highest BCUT2D eigenvalue weighted by molar-refractivity contribution is 14.0. The van der Waals surface area contributed by atoms with Gasteiger partial charge in [0, 0.05) is 37.0 Å². The number of guanidine groups is 1. The molecule has 1 atom stereocenters. The Bertz CT molecular complexity index is 839. The Morgan fingerprint density at radius 2 is 1.88 bits per heavy atom. The number of nitrogens with zero attached hydrogens (tertiary/aromatic N) is 2. The fraction of sp³-hybridized carbons (Fsp3) is 0.680. The molecule has 8 heteroatoms. The summed E-state index contributed by atoms with van der Waals surface area (Å²) in [6.45, 7) is 10.7. The topological polar surface area (TPSA) is 75.2 Å². The van der Waals surface area contributed by atoms with Gasteiger partial charge in [-0.1, -0.05) is 32.8 Å². The number of likely N-dealkylation sites (tertiary alicyclic amines) is 1. The zero-order chi connectivity index (χ0) is 22.6. The molecule has 4 rings (SSSR count). The van der Waals surface area contributed by atoms with Gasteiger partial charge in [0.25, 0.3) is 0 Å². The molecule has 0 spiro atoms. The summed E-state index contributed by atoms with van der Waals surface area (Å²) in [6.07, 6.45) is 5.48. The van der Waals surface area contributed by atoms with Crippen molar-refractivity contribution in [1.29, 1.82) is 0 Å². The van der Waals surface area contributed by atoms with Gasteiger partial charge in [0.15, 0.2) is 17.5 Å². The van der Waals surface area contributed by atoms with E-state index in [1.807, 2.05) is 6.07 Å². The largest absolute Gasteiger partial charge is 0.486 e. The predicted molar refractivity (Wildman–Crippen MR) is 142 cm³/mol. The van der Waals surface area contributed by atoms with E-state index in [1.54, 1.807) is 0 Å². The Morgan fingerprint density at radius 3 is 2.61 bits per heavy atom. The summed E-state index contributed by atoms with van der Waals surface area (Å²) < 4.78 is 11.4. The quantitative estimate of drug-likeness (QED) is 0.310. The minimum Gasteiger partial charge on any atom is -0.486 e. The van der Waals surface area contributed by atoms with Crippen molar-refractivity contribution >= 4 is 35.8 Å². The van der Waals surface area contributed by atoms with Crippen LogP contribution in [0.15, 0.2) is 23.2 Å². The lowest BCUT2D eigenvalue weighted by Gasteiger charge is -2.27. The number of carbonyl (C=O) groups excluding carboxylic acids is 1. The lowest BCUT2D eigenvalue weighted by molar-refractivity contribution is -0.134. The number of nitrogens with one attached hydrogen (secondary N) is 2. The van der Waals surface area contributed by atoms with Crippen LogP contribution in [0.2, 0.25) is 0 Å². The van der Waals surface area contributed by atoms with E-state index >= 15 is 0 Å². The standard InChI is InChI=1S/C25H38N4O3.HI/c1-4-26-24(28-20-11-12-29(16-20)23(30)18-7-5-6-8-18)27-17-25(2,3)19-9-10-21-22(15-19)32-14-13-31-21;/h9-10,15,18,20H,4-8,11-14,16-17H2,1-3H3,(H2,26,27,28);1H. The predicted octanol–water partition coefficient (Wildman–Crippen LogP) is 3.70. The minimum absolute atomic E-state index is 0. The maximum Gasteiger partial charge on any atom is 0.225 e. The zero-order valence-corrected chi connectivity index (χ0v) is 22.5. The number of ether oxygens (including phenoxy) is 2. The van der Waals surface area contributed by atoms with Crippen molar-refractivity contribution in [1.82, 2.24) is 15.5 Å². The summed E-state index contributed by atoms with van der Waals surface area (Å²) in [5.41, 5.74) is 1.02. The van der Waals surface area contributed by atoms with E-state index in [1.165, 1.54) is 18.4 Å². The highest BCUT2D eigenvalue weighted by Crippen LogP contribution is 2.35. The van der Waals surface area contributed by atoms with Crippen molar-refractivity contribution < 1.29 is 14.3 Å². The van der Waals surface area contributed by atoms with Crippen LogP contribution < -0.4 is 20.1 Å². The number of hydrogen-bond donors (Lipinski definition) is 2.